The Balaban J connectivity index is 1.31. The van der Waals surface area contributed by atoms with E-state index in [2.05, 4.69) is 21.7 Å². The molecule has 1 fully saturated rings. The van der Waals surface area contributed by atoms with Crippen molar-refractivity contribution in [3.63, 3.8) is 0 Å². The molecule has 5 nitrogen and oxygen atoms in total. The van der Waals surface area contributed by atoms with Gasteiger partial charge in [0.05, 0.1) is 11.3 Å². The summed E-state index contributed by atoms with van der Waals surface area (Å²) < 4.78 is 42.0. The van der Waals surface area contributed by atoms with Crippen LogP contribution in [0.1, 0.15) is 43.7 Å². The van der Waals surface area contributed by atoms with Gasteiger partial charge in [-0.05, 0) is 61.0 Å². The molecule has 0 aliphatic carbocycles. The molecule has 0 saturated carbocycles. The number of piperazine rings is 1. The van der Waals surface area contributed by atoms with E-state index in [4.69, 9.17) is 5.73 Å². The number of rotatable bonds is 6. The molecule has 0 spiro atoms. The number of Topliss-reactive ketones (excluding diaryl/α,β-unsaturated/α-hetero) is 1. The molecule has 4 aromatic rings. The zero-order valence-electron chi connectivity index (χ0n) is 24.2. The minimum absolute atomic E-state index is 0.137. The number of ketones is 1. The number of aryl methyl sites for hydroxylation is 1. The summed E-state index contributed by atoms with van der Waals surface area (Å²) in [5.74, 6) is 5.93. The van der Waals surface area contributed by atoms with E-state index >= 15 is 0 Å². The fourth-order valence-electron chi connectivity index (χ4n) is 5.10. The second-order valence-electron chi connectivity index (χ2n) is 11.0. The van der Waals surface area contributed by atoms with E-state index in [1.165, 1.54) is 6.07 Å². The second-order valence-corrected chi connectivity index (χ2v) is 11.0. The van der Waals surface area contributed by atoms with E-state index in [9.17, 15) is 18.0 Å². The van der Waals surface area contributed by atoms with Crippen LogP contribution in [0.4, 0.5) is 18.9 Å². The summed E-state index contributed by atoms with van der Waals surface area (Å²) in [6.07, 6.45) is -2.97. The number of nitrogens with two attached hydrogens (primary N) is 1. The zero-order valence-corrected chi connectivity index (χ0v) is 24.2. The maximum atomic E-state index is 14.0. The number of alkyl halides is 3. The van der Waals surface area contributed by atoms with Crippen molar-refractivity contribution in [1.29, 1.82) is 0 Å². The number of hydrogen-bond donors (Lipinski definition) is 1. The maximum Gasteiger partial charge on any atom is 0.416 e. The Bertz CT molecular complexity index is 1680. The highest BCUT2D eigenvalue weighted by molar-refractivity contribution is 5.98. The van der Waals surface area contributed by atoms with E-state index in [0.717, 1.165) is 49.1 Å². The van der Waals surface area contributed by atoms with Crippen LogP contribution >= 0.6 is 0 Å². The quantitative estimate of drug-likeness (QED) is 0.166. The first-order chi connectivity index (χ1) is 20.6. The van der Waals surface area contributed by atoms with Gasteiger partial charge >= 0.3 is 6.18 Å². The van der Waals surface area contributed by atoms with Crippen molar-refractivity contribution < 1.29 is 18.0 Å². The molecule has 2 heterocycles. The molecular formula is C35H33F3N4O. The fraction of sp³-hybridized carbons (Fsp3) is 0.257. The molecule has 5 rings (SSSR count). The van der Waals surface area contributed by atoms with Crippen LogP contribution in [0.2, 0.25) is 0 Å². The standard InChI is InChI=1S/C35H33F3N4O/c1-24-7-11-28(21-27(24)12-8-25-10-14-33(40-22-25)30-5-3-4-6-32(30)39)34(43)20-26-9-13-29(31(19-26)35(36,37)38)23-42-17-15-41(2)16-18-42/h3-7,9-11,13-14,19,21-22H,15-18,20,23,39H2,1-2H3. The number of hydrogen-bond acceptors (Lipinski definition) is 5. The van der Waals surface area contributed by atoms with Gasteiger partial charge in [-0.15, -0.1) is 0 Å². The summed E-state index contributed by atoms with van der Waals surface area (Å²) in [5, 5.41) is 0. The maximum absolute atomic E-state index is 14.0. The monoisotopic (exact) mass is 582 g/mol. The van der Waals surface area contributed by atoms with Gasteiger partial charge in [-0.25, -0.2) is 0 Å². The summed E-state index contributed by atoms with van der Waals surface area (Å²) in [6.45, 7) is 5.21. The highest BCUT2D eigenvalue weighted by Gasteiger charge is 2.34. The zero-order chi connectivity index (χ0) is 30.6. The van der Waals surface area contributed by atoms with E-state index < -0.39 is 11.7 Å². The molecule has 1 aromatic heterocycles. The summed E-state index contributed by atoms with van der Waals surface area (Å²) in [5.41, 5.74) is 10.8. The lowest BCUT2D eigenvalue weighted by Gasteiger charge is -2.33. The highest BCUT2D eigenvalue weighted by atomic mass is 19.4. The number of aromatic nitrogens is 1. The summed E-state index contributed by atoms with van der Waals surface area (Å²) in [7, 11) is 2.01. The van der Waals surface area contributed by atoms with Crippen LogP contribution in [0.15, 0.2) is 79.0 Å². The first-order valence-electron chi connectivity index (χ1n) is 14.1. The molecule has 2 N–H and O–H groups in total. The smallest absolute Gasteiger partial charge is 0.398 e. The van der Waals surface area contributed by atoms with Crippen molar-refractivity contribution >= 4 is 11.5 Å². The molecule has 43 heavy (non-hydrogen) atoms. The number of carbonyl (C=O) groups is 1. The van der Waals surface area contributed by atoms with Crippen molar-refractivity contribution in [1.82, 2.24) is 14.8 Å². The molecule has 0 radical (unpaired) electrons. The molecule has 1 aliphatic heterocycles. The van der Waals surface area contributed by atoms with Crippen molar-refractivity contribution in [3.8, 4) is 23.1 Å². The van der Waals surface area contributed by atoms with E-state index in [1.54, 1.807) is 30.5 Å². The first kappa shape index (κ1) is 30.0. The number of pyridine rings is 1. The number of likely N-dealkylation sites (N-methyl/N-ethyl adjacent to an activating group) is 1. The Kier molecular flexibility index (Phi) is 8.95. The molecule has 1 aliphatic rings. The van der Waals surface area contributed by atoms with Gasteiger partial charge in [-0.3, -0.25) is 14.7 Å². The normalized spacial score (nSPS) is 14.3. The molecule has 0 amide bonds. The van der Waals surface area contributed by atoms with Crippen LogP contribution in [-0.4, -0.2) is 53.8 Å². The van der Waals surface area contributed by atoms with Crippen molar-refractivity contribution in [2.75, 3.05) is 39.0 Å². The Morgan fingerprint density at radius 1 is 0.953 bits per heavy atom. The van der Waals surface area contributed by atoms with Crippen LogP contribution in [0.5, 0.6) is 0 Å². The predicted molar refractivity (Wildman–Crippen MR) is 163 cm³/mol. The molecular weight excluding hydrogens is 549 g/mol. The molecule has 220 valence electrons. The lowest BCUT2D eigenvalue weighted by atomic mass is 9.96. The lowest BCUT2D eigenvalue weighted by molar-refractivity contribution is -0.138. The number of anilines is 1. The van der Waals surface area contributed by atoms with E-state index in [0.29, 0.717) is 27.9 Å². The van der Waals surface area contributed by atoms with Crippen LogP contribution in [0.3, 0.4) is 0 Å². The third-order valence-electron chi connectivity index (χ3n) is 7.74. The van der Waals surface area contributed by atoms with Gasteiger partial charge in [-0.1, -0.05) is 54.3 Å². The highest BCUT2D eigenvalue weighted by Crippen LogP contribution is 2.34. The number of para-hydroxylation sites is 1. The number of halogens is 3. The van der Waals surface area contributed by atoms with Gasteiger partial charge in [0.25, 0.3) is 0 Å². The average Bonchev–Trinajstić information content (AvgIpc) is 2.98. The number of benzene rings is 3. The van der Waals surface area contributed by atoms with Gasteiger partial charge in [-0.2, -0.15) is 13.2 Å². The van der Waals surface area contributed by atoms with Gasteiger partial charge < -0.3 is 10.6 Å². The number of carbonyl (C=O) groups excluding carboxylic acids is 1. The Hall–Kier alpha value is -4.45. The Morgan fingerprint density at radius 2 is 1.72 bits per heavy atom. The minimum Gasteiger partial charge on any atom is -0.398 e. The van der Waals surface area contributed by atoms with Crippen LogP contribution in [-0.2, 0) is 19.1 Å². The van der Waals surface area contributed by atoms with Crippen molar-refractivity contribution in [2.45, 2.75) is 26.1 Å². The van der Waals surface area contributed by atoms with Crippen molar-refractivity contribution in [3.05, 3.63) is 118 Å². The first-order valence-corrected chi connectivity index (χ1v) is 14.1. The van der Waals surface area contributed by atoms with Crippen LogP contribution in [0, 0.1) is 18.8 Å². The molecule has 1 saturated heterocycles. The van der Waals surface area contributed by atoms with Gasteiger partial charge in [0.15, 0.2) is 5.78 Å². The summed E-state index contributed by atoms with van der Waals surface area (Å²) in [6, 6.07) is 20.7. The molecule has 0 bridgehead atoms. The third-order valence-corrected chi connectivity index (χ3v) is 7.74. The summed E-state index contributed by atoms with van der Waals surface area (Å²) >= 11 is 0. The molecule has 3 aromatic carbocycles. The SMILES string of the molecule is Cc1ccc(C(=O)Cc2ccc(CN3CCN(C)CC3)c(C(F)(F)F)c2)cc1C#Cc1ccc(-c2ccccc2N)nc1. The molecule has 8 heteroatoms. The van der Waals surface area contributed by atoms with E-state index in [1.807, 2.05) is 55.3 Å². The lowest BCUT2D eigenvalue weighted by Crippen LogP contribution is -2.44. The number of nitrogen functional groups attached to an aromatic ring is 1. The van der Waals surface area contributed by atoms with Crippen LogP contribution in [0.25, 0.3) is 11.3 Å². The number of nitrogens with zero attached hydrogens (tertiary/aromatic N) is 3. The fourth-order valence-corrected chi connectivity index (χ4v) is 5.10. The third kappa shape index (κ3) is 7.50. The minimum atomic E-state index is -4.51. The topological polar surface area (TPSA) is 62.5 Å². The largest absolute Gasteiger partial charge is 0.416 e. The molecule has 0 unspecified atom stereocenters. The summed E-state index contributed by atoms with van der Waals surface area (Å²) in [4.78, 5) is 21.9. The Morgan fingerprint density at radius 3 is 2.42 bits per heavy atom. The second kappa shape index (κ2) is 12.8. The molecule has 0 atom stereocenters. The Labute approximate surface area is 250 Å². The van der Waals surface area contributed by atoms with Gasteiger partial charge in [0, 0.05) is 73.3 Å². The van der Waals surface area contributed by atoms with Gasteiger partial charge in [0.2, 0.25) is 0 Å². The van der Waals surface area contributed by atoms with Crippen LogP contribution < -0.4 is 5.73 Å². The van der Waals surface area contributed by atoms with E-state index in [-0.39, 0.29) is 24.3 Å². The average molecular weight is 583 g/mol. The predicted octanol–water partition coefficient (Wildman–Crippen LogP) is 6.23. The van der Waals surface area contributed by atoms with Crippen molar-refractivity contribution in [2.24, 2.45) is 0 Å². The van der Waals surface area contributed by atoms with Gasteiger partial charge in [0.1, 0.15) is 0 Å².